The van der Waals surface area contributed by atoms with Crippen LogP contribution in [-0.4, -0.2) is 48.9 Å². The average molecular weight is 479 g/mol. The number of hydrogen-bond acceptors (Lipinski definition) is 3. The molecule has 0 amide bonds. The van der Waals surface area contributed by atoms with Crippen LogP contribution >= 0.6 is 47.0 Å². The molecule has 0 unspecified atom stereocenters. The first-order chi connectivity index (χ1) is 13.3. The fourth-order valence-corrected chi connectivity index (χ4v) is 5.38. The first kappa shape index (κ1) is 21.6. The minimum atomic E-state index is -3.71. The third-order valence-electron chi connectivity index (χ3n) is 4.39. The maximum Gasteiger partial charge on any atom is 0.244 e. The normalized spacial score (nSPS) is 15.5. The van der Waals surface area contributed by atoms with Crippen molar-refractivity contribution in [3.05, 3.63) is 63.1 Å². The van der Waals surface area contributed by atoms with E-state index in [2.05, 4.69) is 5.32 Å². The minimum Gasteiger partial charge on any atom is -0.358 e. The Bertz CT molecular complexity index is 961. The van der Waals surface area contributed by atoms with Gasteiger partial charge in [-0.2, -0.15) is 4.31 Å². The number of rotatable bonds is 4. The van der Waals surface area contributed by atoms with Gasteiger partial charge < -0.3 is 10.2 Å². The Morgan fingerprint density at radius 2 is 1.57 bits per heavy atom. The van der Waals surface area contributed by atoms with Gasteiger partial charge in [-0.15, -0.1) is 0 Å². The number of halogens is 3. The maximum atomic E-state index is 12.9. The molecule has 1 saturated heterocycles. The highest BCUT2D eigenvalue weighted by Crippen LogP contribution is 2.28. The summed E-state index contributed by atoms with van der Waals surface area (Å²) >= 11 is 23.3. The summed E-state index contributed by atoms with van der Waals surface area (Å²) in [4.78, 5) is 1.98. The third-order valence-corrected chi connectivity index (χ3v) is 7.66. The van der Waals surface area contributed by atoms with Gasteiger partial charge in [0.15, 0.2) is 5.11 Å². The predicted molar refractivity (Wildman–Crippen MR) is 118 cm³/mol. The van der Waals surface area contributed by atoms with Crippen molar-refractivity contribution in [3.8, 4) is 0 Å². The molecule has 2 aromatic rings. The maximum absolute atomic E-state index is 12.9. The van der Waals surface area contributed by atoms with Gasteiger partial charge >= 0.3 is 0 Å². The summed E-state index contributed by atoms with van der Waals surface area (Å²) in [5, 5.41) is 4.96. The molecule has 0 bridgehead atoms. The van der Waals surface area contributed by atoms with Gasteiger partial charge in [-0.05, 0) is 48.1 Å². The van der Waals surface area contributed by atoms with Crippen LogP contribution < -0.4 is 5.32 Å². The number of benzene rings is 2. The minimum absolute atomic E-state index is 0.0264. The van der Waals surface area contributed by atoms with Crippen molar-refractivity contribution >= 4 is 62.2 Å². The highest BCUT2D eigenvalue weighted by Gasteiger charge is 2.30. The lowest BCUT2D eigenvalue weighted by Crippen LogP contribution is -2.52. The summed E-state index contributed by atoms with van der Waals surface area (Å²) in [6.07, 6.45) is 0. The smallest absolute Gasteiger partial charge is 0.244 e. The Labute approximate surface area is 185 Å². The zero-order valence-electron chi connectivity index (χ0n) is 14.7. The Kier molecular flexibility index (Phi) is 7.07. The van der Waals surface area contributed by atoms with E-state index >= 15 is 0 Å². The first-order valence-corrected chi connectivity index (χ1v) is 11.5. The van der Waals surface area contributed by atoms with Gasteiger partial charge in [-0.25, -0.2) is 8.42 Å². The molecule has 1 aliphatic rings. The summed E-state index contributed by atoms with van der Waals surface area (Å²) in [6.45, 7) is 2.18. The first-order valence-electron chi connectivity index (χ1n) is 8.50. The molecule has 0 atom stereocenters. The number of sulfonamides is 1. The summed E-state index contributed by atoms with van der Waals surface area (Å²) < 4.78 is 27.2. The van der Waals surface area contributed by atoms with Gasteiger partial charge in [0.05, 0.1) is 5.02 Å². The van der Waals surface area contributed by atoms with Crippen LogP contribution in [0, 0.1) is 0 Å². The topological polar surface area (TPSA) is 52.7 Å². The molecule has 1 heterocycles. The fourth-order valence-electron chi connectivity index (χ4n) is 2.84. The number of piperazine rings is 1. The lowest BCUT2D eigenvalue weighted by Gasteiger charge is -2.35. The second kappa shape index (κ2) is 9.15. The van der Waals surface area contributed by atoms with Crippen molar-refractivity contribution in [2.45, 2.75) is 11.4 Å². The zero-order valence-corrected chi connectivity index (χ0v) is 18.6. The monoisotopic (exact) mass is 477 g/mol. The Morgan fingerprint density at radius 3 is 2.21 bits per heavy atom. The van der Waals surface area contributed by atoms with Crippen molar-refractivity contribution in [1.82, 2.24) is 14.5 Å². The summed E-state index contributed by atoms with van der Waals surface area (Å²) in [5.74, 6) is 0. The number of hydrogen-bond donors (Lipinski definition) is 1. The molecule has 1 N–H and O–H groups in total. The predicted octanol–water partition coefficient (Wildman–Crippen LogP) is 4.03. The van der Waals surface area contributed by atoms with Gasteiger partial charge in [0.2, 0.25) is 10.0 Å². The van der Waals surface area contributed by atoms with Gasteiger partial charge in [-0.3, -0.25) is 0 Å². The van der Waals surface area contributed by atoms with E-state index in [0.29, 0.717) is 47.9 Å². The van der Waals surface area contributed by atoms with Crippen LogP contribution in [0.3, 0.4) is 0 Å². The van der Waals surface area contributed by atoms with Crippen LogP contribution in [0.4, 0.5) is 0 Å². The average Bonchev–Trinajstić information content (AvgIpc) is 2.69. The van der Waals surface area contributed by atoms with Crippen LogP contribution in [0.2, 0.25) is 15.1 Å². The van der Waals surface area contributed by atoms with Crippen molar-refractivity contribution < 1.29 is 8.42 Å². The molecule has 2 aromatic carbocycles. The lowest BCUT2D eigenvalue weighted by molar-refractivity contribution is 0.264. The van der Waals surface area contributed by atoms with Crippen molar-refractivity contribution in [1.29, 1.82) is 0 Å². The molecule has 150 valence electrons. The molecule has 1 aliphatic heterocycles. The van der Waals surface area contributed by atoms with E-state index in [1.807, 2.05) is 29.2 Å². The number of thiocarbonyl (C=S) groups is 1. The van der Waals surface area contributed by atoms with Crippen molar-refractivity contribution in [2.24, 2.45) is 0 Å². The Balaban J connectivity index is 1.58. The van der Waals surface area contributed by atoms with E-state index in [1.165, 1.54) is 16.4 Å². The highest BCUT2D eigenvalue weighted by molar-refractivity contribution is 7.89. The van der Waals surface area contributed by atoms with E-state index < -0.39 is 10.0 Å². The molecule has 0 saturated carbocycles. The van der Waals surface area contributed by atoms with E-state index in [0.717, 1.165) is 5.56 Å². The van der Waals surface area contributed by atoms with Crippen molar-refractivity contribution in [2.75, 3.05) is 26.2 Å². The highest BCUT2D eigenvalue weighted by atomic mass is 35.5. The summed E-state index contributed by atoms with van der Waals surface area (Å²) in [7, 11) is -3.71. The van der Waals surface area contributed by atoms with Crippen LogP contribution in [0.5, 0.6) is 0 Å². The van der Waals surface area contributed by atoms with Crippen LogP contribution in [0.1, 0.15) is 5.56 Å². The van der Waals surface area contributed by atoms with Gasteiger partial charge in [0.1, 0.15) is 4.90 Å². The number of nitrogens with zero attached hydrogens (tertiary/aromatic N) is 2. The third kappa shape index (κ3) is 5.09. The summed E-state index contributed by atoms with van der Waals surface area (Å²) in [5.41, 5.74) is 1.06. The molecule has 0 aromatic heterocycles. The second-order valence-electron chi connectivity index (χ2n) is 6.25. The second-order valence-corrected chi connectivity index (χ2v) is 9.82. The zero-order chi connectivity index (χ0) is 20.3. The molecule has 0 spiro atoms. The molecular formula is C18H18Cl3N3O2S2. The molecule has 0 radical (unpaired) electrons. The molecule has 3 rings (SSSR count). The molecule has 0 aliphatic carbocycles. The largest absolute Gasteiger partial charge is 0.358 e. The van der Waals surface area contributed by atoms with E-state index in [-0.39, 0.29) is 9.92 Å². The summed E-state index contributed by atoms with van der Waals surface area (Å²) in [6, 6.07) is 11.9. The molecular weight excluding hydrogens is 461 g/mol. The Morgan fingerprint density at radius 1 is 0.964 bits per heavy atom. The quantitative estimate of drug-likeness (QED) is 0.673. The van der Waals surface area contributed by atoms with Gasteiger partial charge in [-0.1, -0.05) is 46.9 Å². The van der Waals surface area contributed by atoms with E-state index in [4.69, 9.17) is 47.0 Å². The van der Waals surface area contributed by atoms with Crippen LogP contribution in [0.15, 0.2) is 47.4 Å². The van der Waals surface area contributed by atoms with Crippen molar-refractivity contribution in [3.63, 3.8) is 0 Å². The Hall–Kier alpha value is -1.09. The SMILES string of the molecule is O=S(=O)(c1cc(Cl)ccc1Cl)N1CCN(C(=S)NCc2ccc(Cl)cc2)CC1. The van der Waals surface area contributed by atoms with E-state index in [9.17, 15) is 8.42 Å². The lowest BCUT2D eigenvalue weighted by atomic mass is 10.2. The molecule has 5 nitrogen and oxygen atoms in total. The van der Waals surface area contributed by atoms with Gasteiger partial charge in [0.25, 0.3) is 0 Å². The standard InChI is InChI=1S/C18H18Cl3N3O2S2/c19-14-3-1-13(2-4-14)12-22-18(27)23-7-9-24(10-8-23)28(25,26)17-11-15(20)5-6-16(17)21/h1-6,11H,7-10,12H2,(H,22,27). The molecule has 1 fully saturated rings. The van der Waals surface area contributed by atoms with E-state index in [1.54, 1.807) is 6.07 Å². The van der Waals surface area contributed by atoms with Crippen LogP contribution in [0.25, 0.3) is 0 Å². The van der Waals surface area contributed by atoms with Gasteiger partial charge in [0, 0.05) is 42.8 Å². The number of nitrogens with one attached hydrogen (secondary N) is 1. The van der Waals surface area contributed by atoms with Crippen LogP contribution in [-0.2, 0) is 16.6 Å². The fraction of sp³-hybridized carbons (Fsp3) is 0.278. The molecule has 10 heteroatoms. The molecule has 28 heavy (non-hydrogen) atoms.